The van der Waals surface area contributed by atoms with E-state index >= 15 is 0 Å². The summed E-state index contributed by atoms with van der Waals surface area (Å²) in [5.74, 6) is 1.62. The van der Waals surface area contributed by atoms with E-state index in [1.54, 1.807) is 11.7 Å². The Kier molecular flexibility index (Phi) is 10.9. The Bertz CT molecular complexity index is 1300. The normalized spacial score (nSPS) is 26.6. The Balaban J connectivity index is 1.25. The summed E-state index contributed by atoms with van der Waals surface area (Å²) in [6, 6.07) is 6.49. The third-order valence-electron chi connectivity index (χ3n) is 9.32. The number of ether oxygens (including phenoxy) is 4. The fourth-order valence-corrected chi connectivity index (χ4v) is 7.17. The van der Waals surface area contributed by atoms with E-state index in [9.17, 15) is 14.4 Å². The van der Waals surface area contributed by atoms with Crippen LogP contribution in [0.5, 0.6) is 5.75 Å². The molecule has 1 aliphatic carbocycles. The summed E-state index contributed by atoms with van der Waals surface area (Å²) in [6.45, 7) is 8.72. The van der Waals surface area contributed by atoms with Gasteiger partial charge in [0, 0.05) is 25.2 Å². The number of carbonyl (C=O) groups excluding carboxylic acids is 3. The van der Waals surface area contributed by atoms with Gasteiger partial charge in [-0.3, -0.25) is 14.6 Å². The summed E-state index contributed by atoms with van der Waals surface area (Å²) in [4.78, 5) is 43.8. The molecule has 6 atom stereocenters. The van der Waals surface area contributed by atoms with Crippen LogP contribution in [0.3, 0.4) is 0 Å². The molecule has 13 nitrogen and oxygen atoms in total. The van der Waals surface area contributed by atoms with Gasteiger partial charge in [0.1, 0.15) is 17.8 Å². The summed E-state index contributed by atoms with van der Waals surface area (Å²) >= 11 is 0. The van der Waals surface area contributed by atoms with E-state index in [1.807, 2.05) is 31.2 Å². The second kappa shape index (κ2) is 15.0. The third kappa shape index (κ3) is 7.57. The Hall–Kier alpha value is -3.74. The van der Waals surface area contributed by atoms with Crippen molar-refractivity contribution in [3.63, 3.8) is 0 Å². The lowest BCUT2D eigenvalue weighted by atomic mass is 9.69. The summed E-state index contributed by atoms with van der Waals surface area (Å²) < 4.78 is 21.5. The Morgan fingerprint density at radius 2 is 1.62 bits per heavy atom. The molecule has 6 unspecified atom stereocenters. The maximum absolute atomic E-state index is 13.1. The minimum absolute atomic E-state index is 0.124. The second-order valence-electron chi connectivity index (χ2n) is 12.2. The van der Waals surface area contributed by atoms with Gasteiger partial charge in [-0.25, -0.2) is 9.59 Å². The number of piperidine rings is 1. The molecule has 0 bridgehead atoms. The first-order valence-corrected chi connectivity index (χ1v) is 16.3. The molecule has 45 heavy (non-hydrogen) atoms. The zero-order valence-corrected chi connectivity index (χ0v) is 26.8. The fourth-order valence-electron chi connectivity index (χ4n) is 7.17. The molecule has 1 aromatic carbocycles. The van der Waals surface area contributed by atoms with Crippen LogP contribution in [0.4, 0.5) is 4.79 Å². The SMILES string of the molecule is CCCOc1ccc(-c2nnn(C3CC(C(=O)OCC)N(CC4CCC5CN(C(=O)OC)C(C(=O)OCC)CC5C4)C3)n2)cc1. The Labute approximate surface area is 264 Å². The number of rotatable bonds is 11. The third-order valence-corrected chi connectivity index (χ3v) is 9.32. The Morgan fingerprint density at radius 1 is 0.889 bits per heavy atom. The van der Waals surface area contributed by atoms with Gasteiger partial charge < -0.3 is 18.9 Å². The van der Waals surface area contributed by atoms with Crippen LogP contribution in [0.1, 0.15) is 65.3 Å². The van der Waals surface area contributed by atoms with Crippen molar-refractivity contribution in [1.29, 1.82) is 0 Å². The van der Waals surface area contributed by atoms with Gasteiger partial charge in [-0.05, 0) is 99.6 Å². The van der Waals surface area contributed by atoms with Gasteiger partial charge in [0.05, 0.1) is 33.0 Å². The van der Waals surface area contributed by atoms with Gasteiger partial charge in [-0.15, -0.1) is 10.2 Å². The number of carbonyl (C=O) groups is 3. The molecule has 1 saturated carbocycles. The topological polar surface area (TPSA) is 138 Å². The molecule has 0 radical (unpaired) electrons. The first-order valence-electron chi connectivity index (χ1n) is 16.3. The van der Waals surface area contributed by atoms with Crippen LogP contribution >= 0.6 is 0 Å². The molecule has 1 aromatic heterocycles. The highest BCUT2D eigenvalue weighted by molar-refractivity contribution is 5.81. The smallest absolute Gasteiger partial charge is 0.410 e. The zero-order chi connectivity index (χ0) is 31.9. The van der Waals surface area contributed by atoms with Crippen molar-refractivity contribution in [2.75, 3.05) is 46.6 Å². The molecule has 3 fully saturated rings. The van der Waals surface area contributed by atoms with Gasteiger partial charge in [-0.2, -0.15) is 4.80 Å². The zero-order valence-electron chi connectivity index (χ0n) is 26.8. The van der Waals surface area contributed by atoms with E-state index in [2.05, 4.69) is 27.2 Å². The van der Waals surface area contributed by atoms with Crippen LogP contribution in [0, 0.1) is 17.8 Å². The quantitative estimate of drug-likeness (QED) is 0.266. The van der Waals surface area contributed by atoms with Crippen molar-refractivity contribution in [3.05, 3.63) is 24.3 Å². The van der Waals surface area contributed by atoms with E-state index in [0.717, 1.165) is 43.5 Å². The van der Waals surface area contributed by atoms with E-state index in [4.69, 9.17) is 18.9 Å². The number of likely N-dealkylation sites (tertiary alicyclic amines) is 2. The number of hydrogen-bond donors (Lipinski definition) is 0. The van der Waals surface area contributed by atoms with E-state index in [1.165, 1.54) is 12.0 Å². The molecule has 13 heteroatoms. The monoisotopic (exact) mass is 626 g/mol. The standard InChI is InChI=1S/C32H46N6O7/c1-5-14-45-26-12-10-22(11-13-26)29-33-35-38(34-29)25-17-27(30(39)43-6-2)36(20-25)18-21-8-9-23-19-37(32(41)42-4)28(16-24(23)15-21)31(40)44-7-3/h10-13,21,23-25,27-28H,5-9,14-20H2,1-4H3. The molecule has 1 amide bonds. The molecular formula is C32H46N6O7. The van der Waals surface area contributed by atoms with Crippen LogP contribution in [0.15, 0.2) is 24.3 Å². The molecule has 2 saturated heterocycles. The predicted molar refractivity (Wildman–Crippen MR) is 163 cm³/mol. The summed E-state index contributed by atoms with van der Waals surface area (Å²) in [5.41, 5.74) is 0.845. The Morgan fingerprint density at radius 3 is 2.31 bits per heavy atom. The number of hydrogen-bond acceptors (Lipinski definition) is 11. The number of benzene rings is 1. The molecular weight excluding hydrogens is 580 g/mol. The van der Waals surface area contributed by atoms with Gasteiger partial charge >= 0.3 is 18.0 Å². The molecule has 2 aromatic rings. The number of tetrazole rings is 1. The summed E-state index contributed by atoms with van der Waals surface area (Å²) in [5, 5.41) is 13.4. The number of methoxy groups -OCH3 is 1. The maximum atomic E-state index is 13.1. The first-order chi connectivity index (χ1) is 21.8. The largest absolute Gasteiger partial charge is 0.494 e. The lowest BCUT2D eigenvalue weighted by molar-refractivity contribution is -0.153. The number of esters is 2. The number of amides is 1. The van der Waals surface area contributed by atoms with Crippen molar-refractivity contribution < 1.29 is 33.3 Å². The van der Waals surface area contributed by atoms with Crippen LogP contribution in [-0.2, 0) is 23.8 Å². The fraction of sp³-hybridized carbons (Fsp3) is 0.688. The molecule has 246 valence electrons. The van der Waals surface area contributed by atoms with Gasteiger partial charge in [0.2, 0.25) is 5.82 Å². The molecule has 5 rings (SSSR count). The molecule has 2 aliphatic heterocycles. The molecule has 3 aliphatic rings. The van der Waals surface area contributed by atoms with Crippen molar-refractivity contribution in [2.45, 2.75) is 77.4 Å². The molecule has 0 N–H and O–H groups in total. The summed E-state index contributed by atoms with van der Waals surface area (Å²) in [6.07, 6.45) is 4.37. The number of fused-ring (bicyclic) bond motifs is 1. The lowest BCUT2D eigenvalue weighted by Gasteiger charge is -2.46. The minimum atomic E-state index is -0.645. The minimum Gasteiger partial charge on any atom is -0.494 e. The highest BCUT2D eigenvalue weighted by Crippen LogP contribution is 2.42. The van der Waals surface area contributed by atoms with Gasteiger partial charge in [-0.1, -0.05) is 6.92 Å². The van der Waals surface area contributed by atoms with Gasteiger partial charge in [0.25, 0.3) is 0 Å². The predicted octanol–water partition coefficient (Wildman–Crippen LogP) is 3.74. The highest BCUT2D eigenvalue weighted by atomic mass is 16.6. The van der Waals surface area contributed by atoms with Gasteiger partial charge in [0.15, 0.2) is 0 Å². The van der Waals surface area contributed by atoms with E-state index in [0.29, 0.717) is 56.8 Å². The highest BCUT2D eigenvalue weighted by Gasteiger charge is 2.46. The second-order valence-corrected chi connectivity index (χ2v) is 12.2. The first kappa shape index (κ1) is 32.6. The van der Waals surface area contributed by atoms with Crippen molar-refractivity contribution in [2.24, 2.45) is 17.8 Å². The van der Waals surface area contributed by atoms with Crippen LogP contribution < -0.4 is 4.74 Å². The number of nitrogens with zero attached hydrogens (tertiary/aromatic N) is 6. The van der Waals surface area contributed by atoms with E-state index < -0.39 is 18.2 Å². The average Bonchev–Trinajstić information content (AvgIpc) is 3.71. The number of aromatic nitrogens is 4. The van der Waals surface area contributed by atoms with Crippen LogP contribution in [-0.4, -0.2) is 107 Å². The van der Waals surface area contributed by atoms with Crippen LogP contribution in [0.2, 0.25) is 0 Å². The van der Waals surface area contributed by atoms with Crippen LogP contribution in [0.25, 0.3) is 11.4 Å². The van der Waals surface area contributed by atoms with Crippen molar-refractivity contribution >= 4 is 18.0 Å². The molecule has 3 heterocycles. The lowest BCUT2D eigenvalue weighted by Crippen LogP contribution is -2.55. The van der Waals surface area contributed by atoms with Crippen molar-refractivity contribution in [3.8, 4) is 17.1 Å². The molecule has 0 spiro atoms. The average molecular weight is 627 g/mol. The summed E-state index contributed by atoms with van der Waals surface area (Å²) in [7, 11) is 1.34. The van der Waals surface area contributed by atoms with E-state index in [-0.39, 0.29) is 30.5 Å². The maximum Gasteiger partial charge on any atom is 0.410 e. The van der Waals surface area contributed by atoms with Crippen molar-refractivity contribution in [1.82, 2.24) is 30.0 Å².